The highest BCUT2D eigenvalue weighted by molar-refractivity contribution is 6.30. The van der Waals surface area contributed by atoms with E-state index in [1.165, 1.54) is 19.3 Å². The number of aromatic nitrogens is 5. The van der Waals surface area contributed by atoms with Crippen molar-refractivity contribution >= 4 is 28.2 Å². The maximum atomic E-state index is 13.6. The lowest BCUT2D eigenvalue weighted by Gasteiger charge is -2.40. The maximum Gasteiger partial charge on any atom is 0.253 e. The van der Waals surface area contributed by atoms with Crippen LogP contribution < -0.4 is 15.2 Å². The molecule has 0 spiro atoms. The van der Waals surface area contributed by atoms with Gasteiger partial charge in [0, 0.05) is 53.4 Å². The molecule has 0 amide bonds. The zero-order chi connectivity index (χ0) is 26.1. The molecule has 2 aromatic heterocycles. The molecule has 9 nitrogen and oxygen atoms in total. The van der Waals surface area contributed by atoms with E-state index in [0.717, 1.165) is 72.2 Å². The molecule has 10 heteroatoms. The van der Waals surface area contributed by atoms with Crippen LogP contribution in [0.1, 0.15) is 55.6 Å². The second-order valence-corrected chi connectivity index (χ2v) is 10.6. The number of hydrogen-bond donors (Lipinski definition) is 1. The van der Waals surface area contributed by atoms with E-state index in [2.05, 4.69) is 36.4 Å². The number of fused-ring (bicyclic) bond motifs is 1. The lowest BCUT2D eigenvalue weighted by Crippen LogP contribution is -2.49. The molecule has 2 fully saturated rings. The molecular formula is C28H32ClN7O2. The van der Waals surface area contributed by atoms with Crippen molar-refractivity contribution in [2.45, 2.75) is 44.2 Å². The zero-order valence-corrected chi connectivity index (χ0v) is 22.3. The van der Waals surface area contributed by atoms with Crippen molar-refractivity contribution in [2.75, 3.05) is 38.2 Å². The largest absolute Gasteiger partial charge is 0.497 e. The van der Waals surface area contributed by atoms with Gasteiger partial charge in [-0.3, -0.25) is 9.69 Å². The predicted molar refractivity (Wildman–Crippen MR) is 148 cm³/mol. The average Bonchev–Trinajstić information content (AvgIpc) is 3.43. The van der Waals surface area contributed by atoms with Crippen LogP contribution in [0.4, 0.5) is 5.69 Å². The number of halogens is 1. The Morgan fingerprint density at radius 2 is 1.84 bits per heavy atom. The summed E-state index contributed by atoms with van der Waals surface area (Å²) in [6.45, 7) is 3.12. The number of rotatable bonds is 6. The number of aromatic amines is 1. The van der Waals surface area contributed by atoms with Gasteiger partial charge in [0.25, 0.3) is 5.56 Å². The molecular weight excluding hydrogens is 502 g/mol. The number of ether oxygens (including phenoxy) is 1. The van der Waals surface area contributed by atoms with Crippen LogP contribution in [0.3, 0.4) is 0 Å². The Morgan fingerprint density at radius 1 is 1.03 bits per heavy atom. The van der Waals surface area contributed by atoms with E-state index >= 15 is 0 Å². The molecule has 1 atom stereocenters. The molecule has 0 radical (unpaired) electrons. The van der Waals surface area contributed by atoms with Gasteiger partial charge in [-0.05, 0) is 65.7 Å². The van der Waals surface area contributed by atoms with E-state index in [9.17, 15) is 4.79 Å². The number of methoxy groups -OCH3 is 1. The van der Waals surface area contributed by atoms with Crippen LogP contribution in [-0.2, 0) is 0 Å². The van der Waals surface area contributed by atoms with Gasteiger partial charge in [-0.2, -0.15) is 0 Å². The Bertz CT molecular complexity index is 1470. The normalized spacial score (nSPS) is 18.1. The first-order chi connectivity index (χ1) is 18.6. The summed E-state index contributed by atoms with van der Waals surface area (Å²) in [6.07, 6.45) is 5.69. The number of nitrogens with zero attached hydrogens (tertiary/aromatic N) is 6. The van der Waals surface area contributed by atoms with Gasteiger partial charge in [0.2, 0.25) is 0 Å². The number of anilines is 1. The second-order valence-electron chi connectivity index (χ2n) is 10.2. The highest BCUT2D eigenvalue weighted by Gasteiger charge is 2.34. The third-order valence-electron chi connectivity index (χ3n) is 7.91. The highest BCUT2D eigenvalue weighted by Crippen LogP contribution is 2.34. The molecule has 6 rings (SSSR count). The molecule has 4 aromatic rings. The van der Waals surface area contributed by atoms with Gasteiger partial charge >= 0.3 is 0 Å². The third-order valence-corrected chi connectivity index (χ3v) is 8.15. The number of pyridine rings is 1. The molecule has 0 bridgehead atoms. The van der Waals surface area contributed by atoms with Gasteiger partial charge in [-0.15, -0.1) is 5.10 Å². The third kappa shape index (κ3) is 4.88. The lowest BCUT2D eigenvalue weighted by atomic mass is 9.95. The molecule has 3 heterocycles. The molecule has 1 N–H and O–H groups in total. The Morgan fingerprint density at radius 3 is 2.61 bits per heavy atom. The quantitative estimate of drug-likeness (QED) is 0.387. The first-order valence-corrected chi connectivity index (χ1v) is 13.7. The number of tetrazole rings is 1. The van der Waals surface area contributed by atoms with Crippen molar-refractivity contribution < 1.29 is 4.74 Å². The SMILES string of the molecule is COc1ccc2[nH]c(=O)c([C@@H](c3nnnn3C3CCCCC3)N3CCN(c4cccc(Cl)c4)CC3)cc2c1. The van der Waals surface area contributed by atoms with Crippen LogP contribution in [0.25, 0.3) is 10.9 Å². The highest BCUT2D eigenvalue weighted by atomic mass is 35.5. The minimum atomic E-state index is -0.368. The van der Waals surface area contributed by atoms with Crippen LogP contribution in [0.5, 0.6) is 5.75 Å². The molecule has 38 heavy (non-hydrogen) atoms. The van der Waals surface area contributed by atoms with Crippen LogP contribution >= 0.6 is 11.6 Å². The van der Waals surface area contributed by atoms with Crippen LogP contribution in [-0.4, -0.2) is 63.4 Å². The van der Waals surface area contributed by atoms with Gasteiger partial charge < -0.3 is 14.6 Å². The summed E-state index contributed by atoms with van der Waals surface area (Å²) in [6, 6.07) is 15.5. The van der Waals surface area contributed by atoms with E-state index in [0.29, 0.717) is 5.56 Å². The van der Waals surface area contributed by atoms with Crippen molar-refractivity contribution in [1.82, 2.24) is 30.1 Å². The van der Waals surface area contributed by atoms with Crippen LogP contribution in [0, 0.1) is 0 Å². The number of hydrogen-bond acceptors (Lipinski definition) is 7. The van der Waals surface area contributed by atoms with E-state index < -0.39 is 0 Å². The standard InChI is InChI=1S/C28H32ClN7O2/c1-38-23-10-11-25-19(16-23)17-24(28(37)30-25)26(27-31-32-33-36(27)21-7-3-2-4-8-21)35-14-12-34(13-15-35)22-9-5-6-20(29)18-22/h5-6,9-11,16-18,21,26H,2-4,7-8,12-15H2,1H3,(H,30,37)/t26-/m0/s1. The number of benzene rings is 2. The molecule has 0 unspecified atom stereocenters. The van der Waals surface area contributed by atoms with E-state index in [4.69, 9.17) is 16.3 Å². The number of piperazine rings is 1. The summed E-state index contributed by atoms with van der Waals surface area (Å²) in [7, 11) is 1.65. The van der Waals surface area contributed by atoms with Crippen molar-refractivity contribution in [3.8, 4) is 5.75 Å². The summed E-state index contributed by atoms with van der Waals surface area (Å²) >= 11 is 6.26. The summed E-state index contributed by atoms with van der Waals surface area (Å²) in [5.41, 5.74) is 2.41. The van der Waals surface area contributed by atoms with Crippen molar-refractivity contribution in [1.29, 1.82) is 0 Å². The minimum Gasteiger partial charge on any atom is -0.497 e. The molecule has 2 aromatic carbocycles. The Hall–Kier alpha value is -3.43. The molecule has 1 aliphatic carbocycles. The second kappa shape index (κ2) is 10.7. The number of H-pyrrole nitrogens is 1. The van der Waals surface area contributed by atoms with Crippen molar-refractivity contribution in [3.05, 3.63) is 75.3 Å². The topological polar surface area (TPSA) is 92.2 Å². The van der Waals surface area contributed by atoms with E-state index in [1.807, 2.05) is 47.1 Å². The van der Waals surface area contributed by atoms with Gasteiger partial charge in [0.1, 0.15) is 11.8 Å². The van der Waals surface area contributed by atoms with Crippen LogP contribution in [0.15, 0.2) is 53.3 Å². The minimum absolute atomic E-state index is 0.122. The fourth-order valence-electron chi connectivity index (χ4n) is 5.91. The molecule has 198 valence electrons. The number of nitrogens with one attached hydrogen (secondary N) is 1. The smallest absolute Gasteiger partial charge is 0.253 e. The summed E-state index contributed by atoms with van der Waals surface area (Å²) < 4.78 is 7.44. The Kier molecular flexibility index (Phi) is 7.04. The lowest BCUT2D eigenvalue weighted by molar-refractivity contribution is 0.192. The summed E-state index contributed by atoms with van der Waals surface area (Å²) in [5.74, 6) is 1.48. The zero-order valence-electron chi connectivity index (χ0n) is 21.5. The molecule has 1 saturated carbocycles. The van der Waals surface area contributed by atoms with E-state index in [-0.39, 0.29) is 17.6 Å². The summed E-state index contributed by atoms with van der Waals surface area (Å²) in [5, 5.41) is 14.7. The predicted octanol–water partition coefficient (Wildman–Crippen LogP) is 4.59. The van der Waals surface area contributed by atoms with Crippen molar-refractivity contribution in [2.24, 2.45) is 0 Å². The van der Waals surface area contributed by atoms with Crippen LogP contribution in [0.2, 0.25) is 5.02 Å². The first kappa shape index (κ1) is 24.9. The Labute approximate surface area is 226 Å². The van der Waals surface area contributed by atoms with Gasteiger partial charge in [0.15, 0.2) is 5.82 Å². The fraction of sp³-hybridized carbons (Fsp3) is 0.429. The maximum absolute atomic E-state index is 13.6. The molecule has 2 aliphatic rings. The Balaban J connectivity index is 1.39. The van der Waals surface area contributed by atoms with E-state index in [1.54, 1.807) is 7.11 Å². The van der Waals surface area contributed by atoms with Gasteiger partial charge in [-0.25, -0.2) is 4.68 Å². The van der Waals surface area contributed by atoms with Gasteiger partial charge in [-0.1, -0.05) is 36.9 Å². The average molecular weight is 534 g/mol. The molecule has 1 aliphatic heterocycles. The molecule has 1 saturated heterocycles. The van der Waals surface area contributed by atoms with Crippen molar-refractivity contribution in [3.63, 3.8) is 0 Å². The first-order valence-electron chi connectivity index (χ1n) is 13.3. The fourth-order valence-corrected chi connectivity index (χ4v) is 6.09. The van der Waals surface area contributed by atoms with Gasteiger partial charge in [0.05, 0.1) is 13.2 Å². The monoisotopic (exact) mass is 533 g/mol. The summed E-state index contributed by atoms with van der Waals surface area (Å²) in [4.78, 5) is 21.3.